The van der Waals surface area contributed by atoms with Crippen LogP contribution < -0.4 is 4.74 Å². The van der Waals surface area contributed by atoms with Crippen LogP contribution in [0, 0.1) is 0 Å². The highest BCUT2D eigenvalue weighted by atomic mass is 16.5. The summed E-state index contributed by atoms with van der Waals surface area (Å²) in [7, 11) is 0. The number of esters is 1. The van der Waals surface area contributed by atoms with Crippen molar-refractivity contribution in [3.63, 3.8) is 0 Å². The van der Waals surface area contributed by atoms with Gasteiger partial charge in [0.25, 0.3) is 0 Å². The lowest BCUT2D eigenvalue weighted by Gasteiger charge is -2.26. The highest BCUT2D eigenvalue weighted by molar-refractivity contribution is 5.95. The fourth-order valence-electron chi connectivity index (χ4n) is 3.18. The molecule has 5 heteroatoms. The third-order valence-electron chi connectivity index (χ3n) is 4.42. The van der Waals surface area contributed by atoms with E-state index in [0.29, 0.717) is 12.3 Å². The number of carbonyl (C=O) groups is 1. The molecule has 1 aromatic heterocycles. The fraction of sp³-hybridized carbons (Fsp3) is 0.526. The van der Waals surface area contributed by atoms with Crippen LogP contribution in [0.25, 0.3) is 10.9 Å². The van der Waals surface area contributed by atoms with E-state index >= 15 is 0 Å². The van der Waals surface area contributed by atoms with Crippen LogP contribution in [-0.2, 0) is 4.74 Å². The van der Waals surface area contributed by atoms with Crippen LogP contribution in [-0.4, -0.2) is 48.7 Å². The predicted octanol–water partition coefficient (Wildman–Crippen LogP) is 3.60. The second-order valence-electron chi connectivity index (χ2n) is 6.26. The standard InChI is InChI=1S/C19H26N2O3/c1-2-23-19(22)18-14-15-13-16(7-8-17(15)20-18)24-12-6-11-21-9-4-3-5-10-21/h7-8,13-14,20H,2-6,9-12H2,1H3. The molecule has 0 spiro atoms. The lowest BCUT2D eigenvalue weighted by molar-refractivity contribution is 0.0520. The second kappa shape index (κ2) is 8.20. The molecule has 0 atom stereocenters. The Balaban J connectivity index is 1.52. The van der Waals surface area contributed by atoms with Crippen LogP contribution >= 0.6 is 0 Å². The summed E-state index contributed by atoms with van der Waals surface area (Å²) in [6.45, 7) is 6.46. The number of aromatic nitrogens is 1. The maximum Gasteiger partial charge on any atom is 0.354 e. The van der Waals surface area contributed by atoms with Gasteiger partial charge in [0.05, 0.1) is 13.2 Å². The molecule has 0 bridgehead atoms. The lowest BCUT2D eigenvalue weighted by Crippen LogP contribution is -2.31. The van der Waals surface area contributed by atoms with Crippen LogP contribution in [0.4, 0.5) is 0 Å². The van der Waals surface area contributed by atoms with E-state index in [0.717, 1.165) is 36.2 Å². The van der Waals surface area contributed by atoms with Gasteiger partial charge in [0.15, 0.2) is 0 Å². The molecular weight excluding hydrogens is 304 g/mol. The zero-order chi connectivity index (χ0) is 16.8. The van der Waals surface area contributed by atoms with E-state index < -0.39 is 0 Å². The van der Waals surface area contributed by atoms with Gasteiger partial charge in [-0.15, -0.1) is 0 Å². The number of rotatable bonds is 7. The Labute approximate surface area is 142 Å². The molecule has 24 heavy (non-hydrogen) atoms. The molecule has 0 saturated carbocycles. The molecule has 0 radical (unpaired) electrons. The predicted molar refractivity (Wildman–Crippen MR) is 94.7 cm³/mol. The van der Waals surface area contributed by atoms with Gasteiger partial charge in [-0.1, -0.05) is 6.42 Å². The van der Waals surface area contributed by atoms with Crippen LogP contribution in [0.5, 0.6) is 5.75 Å². The van der Waals surface area contributed by atoms with E-state index in [4.69, 9.17) is 9.47 Å². The summed E-state index contributed by atoms with van der Waals surface area (Å²) < 4.78 is 10.9. The number of nitrogens with one attached hydrogen (secondary N) is 1. The van der Waals surface area contributed by atoms with Crippen molar-refractivity contribution < 1.29 is 14.3 Å². The number of fused-ring (bicyclic) bond motifs is 1. The van der Waals surface area contributed by atoms with Gasteiger partial charge in [-0.3, -0.25) is 0 Å². The zero-order valence-electron chi connectivity index (χ0n) is 14.3. The summed E-state index contributed by atoms with van der Waals surface area (Å²) >= 11 is 0. The summed E-state index contributed by atoms with van der Waals surface area (Å²) in [6, 6.07) is 7.66. The van der Waals surface area contributed by atoms with Crippen molar-refractivity contribution >= 4 is 16.9 Å². The van der Waals surface area contributed by atoms with Gasteiger partial charge in [0.2, 0.25) is 0 Å². The summed E-state index contributed by atoms with van der Waals surface area (Å²) in [6.07, 6.45) is 5.07. The first-order chi connectivity index (χ1) is 11.8. The number of hydrogen-bond acceptors (Lipinski definition) is 4. The Morgan fingerprint density at radius 3 is 2.83 bits per heavy atom. The normalized spacial score (nSPS) is 15.5. The third kappa shape index (κ3) is 4.29. The smallest absolute Gasteiger partial charge is 0.354 e. The summed E-state index contributed by atoms with van der Waals surface area (Å²) in [4.78, 5) is 17.4. The molecule has 1 N–H and O–H groups in total. The zero-order valence-corrected chi connectivity index (χ0v) is 14.3. The fourth-order valence-corrected chi connectivity index (χ4v) is 3.18. The third-order valence-corrected chi connectivity index (χ3v) is 4.42. The van der Waals surface area contributed by atoms with Crippen LogP contribution in [0.2, 0.25) is 0 Å². The van der Waals surface area contributed by atoms with Gasteiger partial charge in [-0.2, -0.15) is 0 Å². The Morgan fingerprint density at radius 1 is 1.21 bits per heavy atom. The highest BCUT2D eigenvalue weighted by Crippen LogP contribution is 2.22. The van der Waals surface area contributed by atoms with Crippen molar-refractivity contribution in [3.8, 4) is 5.75 Å². The SMILES string of the molecule is CCOC(=O)c1cc2cc(OCCCN3CCCCC3)ccc2[nH]1. The van der Waals surface area contributed by atoms with Crippen molar-refractivity contribution in [2.45, 2.75) is 32.6 Å². The minimum Gasteiger partial charge on any atom is -0.494 e. The van der Waals surface area contributed by atoms with Crippen LogP contribution in [0.1, 0.15) is 43.1 Å². The molecule has 1 saturated heterocycles. The van der Waals surface area contributed by atoms with Crippen molar-refractivity contribution in [3.05, 3.63) is 30.0 Å². The molecular formula is C19H26N2O3. The van der Waals surface area contributed by atoms with Crippen LogP contribution in [0.3, 0.4) is 0 Å². The maximum atomic E-state index is 11.8. The Bertz CT molecular complexity index is 674. The minimum absolute atomic E-state index is 0.322. The first-order valence-electron chi connectivity index (χ1n) is 8.91. The number of aromatic amines is 1. The first-order valence-corrected chi connectivity index (χ1v) is 8.91. The molecule has 1 fully saturated rings. The number of benzene rings is 1. The van der Waals surface area contributed by atoms with Crippen LogP contribution in [0.15, 0.2) is 24.3 Å². The van der Waals surface area contributed by atoms with Crippen molar-refractivity contribution in [1.82, 2.24) is 9.88 Å². The number of carbonyl (C=O) groups excluding carboxylic acids is 1. The average molecular weight is 330 g/mol. The van der Waals surface area contributed by atoms with Gasteiger partial charge >= 0.3 is 5.97 Å². The summed E-state index contributed by atoms with van der Waals surface area (Å²) in [5.41, 5.74) is 1.40. The number of nitrogens with zero attached hydrogens (tertiary/aromatic N) is 1. The summed E-state index contributed by atoms with van der Waals surface area (Å²) in [5.74, 6) is 0.522. The average Bonchev–Trinajstić information content (AvgIpc) is 3.03. The number of piperidine rings is 1. The maximum absolute atomic E-state index is 11.8. The number of hydrogen-bond donors (Lipinski definition) is 1. The van der Waals surface area contributed by atoms with E-state index in [9.17, 15) is 4.79 Å². The highest BCUT2D eigenvalue weighted by Gasteiger charge is 2.11. The Hall–Kier alpha value is -2.01. The molecule has 0 amide bonds. The van der Waals surface area contributed by atoms with Gasteiger partial charge < -0.3 is 19.4 Å². The molecule has 2 aromatic rings. The van der Waals surface area contributed by atoms with E-state index in [1.807, 2.05) is 24.3 Å². The van der Waals surface area contributed by atoms with Crippen molar-refractivity contribution in [2.75, 3.05) is 32.8 Å². The van der Waals surface area contributed by atoms with Crippen molar-refractivity contribution in [2.24, 2.45) is 0 Å². The minimum atomic E-state index is -0.322. The number of H-pyrrole nitrogens is 1. The first kappa shape index (κ1) is 16.8. The van der Waals surface area contributed by atoms with Crippen molar-refractivity contribution in [1.29, 1.82) is 0 Å². The monoisotopic (exact) mass is 330 g/mol. The van der Waals surface area contributed by atoms with E-state index in [1.165, 1.54) is 32.4 Å². The van der Waals surface area contributed by atoms with Gasteiger partial charge in [0, 0.05) is 17.4 Å². The largest absolute Gasteiger partial charge is 0.494 e. The second-order valence-corrected chi connectivity index (χ2v) is 6.26. The molecule has 1 aromatic carbocycles. The number of likely N-dealkylation sites (tertiary alicyclic amines) is 1. The Morgan fingerprint density at radius 2 is 2.04 bits per heavy atom. The topological polar surface area (TPSA) is 54.6 Å². The molecule has 3 rings (SSSR count). The molecule has 130 valence electrons. The van der Waals surface area contributed by atoms with Gasteiger partial charge in [-0.05, 0) is 63.5 Å². The Kier molecular flexibility index (Phi) is 5.75. The molecule has 2 heterocycles. The lowest BCUT2D eigenvalue weighted by atomic mass is 10.1. The summed E-state index contributed by atoms with van der Waals surface area (Å²) in [5, 5.41) is 0.964. The molecule has 1 aliphatic rings. The van der Waals surface area contributed by atoms with Gasteiger partial charge in [0.1, 0.15) is 11.4 Å². The molecule has 5 nitrogen and oxygen atoms in total. The van der Waals surface area contributed by atoms with Gasteiger partial charge in [-0.25, -0.2) is 4.79 Å². The van der Waals surface area contributed by atoms with E-state index in [2.05, 4.69) is 9.88 Å². The van der Waals surface area contributed by atoms with E-state index in [-0.39, 0.29) is 5.97 Å². The molecule has 0 aliphatic carbocycles. The quantitative estimate of drug-likeness (QED) is 0.622. The van der Waals surface area contributed by atoms with E-state index in [1.54, 1.807) is 6.92 Å². The molecule has 0 unspecified atom stereocenters. The number of ether oxygens (including phenoxy) is 2. The molecule has 1 aliphatic heterocycles.